The summed E-state index contributed by atoms with van der Waals surface area (Å²) in [5.41, 5.74) is 3.63. The fourth-order valence-corrected chi connectivity index (χ4v) is 4.65. The van der Waals surface area contributed by atoms with E-state index in [0.717, 1.165) is 17.1 Å². The van der Waals surface area contributed by atoms with Crippen molar-refractivity contribution in [3.63, 3.8) is 0 Å². The van der Waals surface area contributed by atoms with Gasteiger partial charge in [-0.25, -0.2) is 4.39 Å². The van der Waals surface area contributed by atoms with Crippen LogP contribution in [-0.2, 0) is 0 Å². The van der Waals surface area contributed by atoms with Crippen LogP contribution in [0.2, 0.25) is 0 Å². The molecular formula is C27H30FN3O4. The van der Waals surface area contributed by atoms with Crippen LogP contribution < -0.4 is 9.47 Å². The van der Waals surface area contributed by atoms with Gasteiger partial charge in [0.15, 0.2) is 5.78 Å². The van der Waals surface area contributed by atoms with Crippen molar-refractivity contribution in [3.05, 3.63) is 76.9 Å². The summed E-state index contributed by atoms with van der Waals surface area (Å²) in [5, 5.41) is 0. The van der Waals surface area contributed by atoms with Gasteiger partial charge in [-0.2, -0.15) is 0 Å². The molecule has 8 heteroatoms. The molecule has 3 aromatic rings. The highest BCUT2D eigenvalue weighted by Crippen LogP contribution is 2.30. The lowest BCUT2D eigenvalue weighted by Crippen LogP contribution is -2.50. The van der Waals surface area contributed by atoms with Gasteiger partial charge >= 0.3 is 0 Å². The largest absolute Gasteiger partial charge is 0.496 e. The van der Waals surface area contributed by atoms with Crippen LogP contribution in [0.4, 0.5) is 4.39 Å². The first-order chi connectivity index (χ1) is 16.8. The number of halogens is 1. The Bertz CT molecular complexity index is 1210. The van der Waals surface area contributed by atoms with Crippen molar-refractivity contribution in [2.45, 2.75) is 13.8 Å². The van der Waals surface area contributed by atoms with Gasteiger partial charge in [-0.05, 0) is 56.3 Å². The Morgan fingerprint density at radius 1 is 0.914 bits per heavy atom. The van der Waals surface area contributed by atoms with E-state index in [2.05, 4.69) is 4.90 Å². The van der Waals surface area contributed by atoms with Gasteiger partial charge < -0.3 is 18.9 Å². The normalized spacial score (nSPS) is 14.1. The Morgan fingerprint density at radius 3 is 2.09 bits per heavy atom. The number of carbonyl (C=O) groups excluding carboxylic acids is 2. The number of methoxy groups -OCH3 is 2. The van der Waals surface area contributed by atoms with Gasteiger partial charge in [-0.3, -0.25) is 14.5 Å². The molecule has 2 heterocycles. The van der Waals surface area contributed by atoms with Gasteiger partial charge in [0.05, 0.1) is 20.8 Å². The Hall–Kier alpha value is -3.65. The first-order valence-corrected chi connectivity index (χ1v) is 11.5. The molecule has 0 bridgehead atoms. The van der Waals surface area contributed by atoms with E-state index in [0.29, 0.717) is 48.8 Å². The van der Waals surface area contributed by atoms with Crippen molar-refractivity contribution in [1.29, 1.82) is 0 Å². The van der Waals surface area contributed by atoms with E-state index in [1.165, 1.54) is 26.4 Å². The molecule has 0 radical (unpaired) electrons. The molecule has 1 aliphatic rings. The molecule has 0 N–H and O–H groups in total. The van der Waals surface area contributed by atoms with Gasteiger partial charge in [-0.15, -0.1) is 0 Å². The summed E-state index contributed by atoms with van der Waals surface area (Å²) in [6.45, 7) is 6.29. The Labute approximate surface area is 204 Å². The van der Waals surface area contributed by atoms with Crippen LogP contribution in [0.1, 0.15) is 32.1 Å². The van der Waals surface area contributed by atoms with E-state index in [1.54, 1.807) is 35.2 Å². The number of benzene rings is 2. The summed E-state index contributed by atoms with van der Waals surface area (Å²) >= 11 is 0. The minimum absolute atomic E-state index is 0.0256. The molecule has 1 aliphatic heterocycles. The van der Waals surface area contributed by atoms with Crippen LogP contribution in [-0.4, -0.2) is 73.0 Å². The van der Waals surface area contributed by atoms with Gasteiger partial charge in [0.25, 0.3) is 5.91 Å². The Balaban J connectivity index is 1.42. The topological polar surface area (TPSA) is 64.0 Å². The summed E-state index contributed by atoms with van der Waals surface area (Å²) in [6, 6.07) is 13.4. The Morgan fingerprint density at radius 2 is 1.51 bits per heavy atom. The van der Waals surface area contributed by atoms with Crippen LogP contribution in [0, 0.1) is 19.7 Å². The molecule has 184 valence electrons. The number of ether oxygens (including phenoxy) is 2. The van der Waals surface area contributed by atoms with Crippen molar-refractivity contribution < 1.29 is 23.5 Å². The molecule has 0 saturated carbocycles. The highest BCUT2D eigenvalue weighted by atomic mass is 19.1. The van der Waals surface area contributed by atoms with Crippen LogP contribution in [0.3, 0.4) is 0 Å². The van der Waals surface area contributed by atoms with Crippen LogP contribution in [0.5, 0.6) is 11.5 Å². The lowest BCUT2D eigenvalue weighted by atomic mass is 10.1. The van der Waals surface area contributed by atoms with Crippen molar-refractivity contribution in [1.82, 2.24) is 14.4 Å². The standard InChI is InChI=1S/C27H30FN3O4/c1-18-16-22(19(2)31(18)21-10-8-20(28)9-11-21)23(32)17-29-12-14-30(15-13-29)27(33)26-24(34-3)6-5-7-25(26)35-4/h5-11,16H,12-15,17H2,1-4H3. The summed E-state index contributed by atoms with van der Waals surface area (Å²) < 4.78 is 26.1. The van der Waals surface area contributed by atoms with Gasteiger partial charge in [-0.1, -0.05) is 6.07 Å². The summed E-state index contributed by atoms with van der Waals surface area (Å²) in [7, 11) is 3.06. The van der Waals surface area contributed by atoms with Gasteiger partial charge in [0.2, 0.25) is 0 Å². The SMILES string of the molecule is COc1cccc(OC)c1C(=O)N1CCN(CC(=O)c2cc(C)n(-c3ccc(F)cc3)c2C)CC1. The molecular weight excluding hydrogens is 449 g/mol. The van der Waals surface area contributed by atoms with E-state index in [4.69, 9.17) is 9.47 Å². The monoisotopic (exact) mass is 479 g/mol. The number of nitrogens with zero attached hydrogens (tertiary/aromatic N) is 3. The molecule has 0 atom stereocenters. The zero-order valence-corrected chi connectivity index (χ0v) is 20.5. The lowest BCUT2D eigenvalue weighted by Gasteiger charge is -2.34. The summed E-state index contributed by atoms with van der Waals surface area (Å²) in [4.78, 5) is 30.2. The molecule has 1 fully saturated rings. The maximum atomic E-state index is 13.3. The molecule has 1 saturated heterocycles. The molecule has 4 rings (SSSR count). The quantitative estimate of drug-likeness (QED) is 0.481. The first kappa shape index (κ1) is 24.5. The zero-order chi connectivity index (χ0) is 25.1. The predicted octanol–water partition coefficient (Wildman–Crippen LogP) is 3.89. The first-order valence-electron chi connectivity index (χ1n) is 11.5. The van der Waals surface area contributed by atoms with Crippen LogP contribution in [0.25, 0.3) is 5.69 Å². The molecule has 1 amide bonds. The number of hydrogen-bond acceptors (Lipinski definition) is 5. The van der Waals surface area contributed by atoms with Crippen molar-refractivity contribution >= 4 is 11.7 Å². The second kappa shape index (κ2) is 10.3. The fourth-order valence-electron chi connectivity index (χ4n) is 4.65. The number of aryl methyl sites for hydroxylation is 1. The third-order valence-corrected chi connectivity index (χ3v) is 6.48. The molecule has 0 spiro atoms. The number of hydrogen-bond donors (Lipinski definition) is 0. The predicted molar refractivity (Wildman–Crippen MR) is 131 cm³/mol. The molecule has 35 heavy (non-hydrogen) atoms. The lowest BCUT2D eigenvalue weighted by molar-refractivity contribution is 0.0618. The molecule has 1 aromatic heterocycles. The van der Waals surface area contributed by atoms with E-state index >= 15 is 0 Å². The minimum Gasteiger partial charge on any atom is -0.496 e. The molecule has 7 nitrogen and oxygen atoms in total. The molecule has 0 unspecified atom stereocenters. The average molecular weight is 480 g/mol. The minimum atomic E-state index is -0.297. The van der Waals surface area contributed by atoms with E-state index in [1.807, 2.05) is 24.5 Å². The Kier molecular flexibility index (Phi) is 7.21. The maximum Gasteiger partial charge on any atom is 0.261 e. The van der Waals surface area contributed by atoms with Gasteiger partial charge in [0.1, 0.15) is 22.9 Å². The summed E-state index contributed by atoms with van der Waals surface area (Å²) in [5.74, 6) is 0.534. The molecule has 2 aromatic carbocycles. The second-order valence-electron chi connectivity index (χ2n) is 8.63. The van der Waals surface area contributed by atoms with E-state index in [9.17, 15) is 14.0 Å². The smallest absolute Gasteiger partial charge is 0.261 e. The highest BCUT2D eigenvalue weighted by molar-refractivity contribution is 6.00. The number of rotatable bonds is 7. The fraction of sp³-hybridized carbons (Fsp3) is 0.333. The number of carbonyl (C=O) groups is 2. The third kappa shape index (κ3) is 4.93. The number of aromatic nitrogens is 1. The number of amides is 1. The van der Waals surface area contributed by atoms with Crippen LogP contribution in [0.15, 0.2) is 48.5 Å². The average Bonchev–Trinajstić information content (AvgIpc) is 3.17. The van der Waals surface area contributed by atoms with E-state index < -0.39 is 0 Å². The van der Waals surface area contributed by atoms with Gasteiger partial charge in [0, 0.05) is 48.8 Å². The van der Waals surface area contributed by atoms with Crippen molar-refractivity contribution in [3.8, 4) is 17.2 Å². The number of piperazine rings is 1. The maximum absolute atomic E-state index is 13.3. The highest BCUT2D eigenvalue weighted by Gasteiger charge is 2.28. The second-order valence-corrected chi connectivity index (χ2v) is 8.63. The van der Waals surface area contributed by atoms with E-state index in [-0.39, 0.29) is 24.1 Å². The van der Waals surface area contributed by atoms with Crippen LogP contribution >= 0.6 is 0 Å². The molecule has 0 aliphatic carbocycles. The third-order valence-electron chi connectivity index (χ3n) is 6.48. The number of Topliss-reactive ketones (excluding diaryl/α,β-unsaturated/α-hetero) is 1. The number of ketones is 1. The zero-order valence-electron chi connectivity index (χ0n) is 20.5. The summed E-state index contributed by atoms with van der Waals surface area (Å²) in [6.07, 6.45) is 0. The van der Waals surface area contributed by atoms with Crippen molar-refractivity contribution in [2.75, 3.05) is 46.9 Å². The van der Waals surface area contributed by atoms with Crippen molar-refractivity contribution in [2.24, 2.45) is 0 Å².